The Morgan fingerprint density at radius 2 is 1.85 bits per heavy atom. The molecule has 0 saturated carbocycles. The molecule has 0 heterocycles. The summed E-state index contributed by atoms with van der Waals surface area (Å²) in [6.07, 6.45) is 1.03. The van der Waals surface area contributed by atoms with Crippen molar-refractivity contribution in [1.29, 1.82) is 0 Å². The van der Waals surface area contributed by atoms with E-state index >= 15 is 0 Å². The van der Waals surface area contributed by atoms with Crippen molar-refractivity contribution in [1.82, 2.24) is 0 Å². The van der Waals surface area contributed by atoms with Crippen LogP contribution in [0.3, 0.4) is 0 Å². The molecule has 2 rings (SSSR count). The molecule has 1 unspecified atom stereocenters. The van der Waals surface area contributed by atoms with Crippen molar-refractivity contribution in [2.24, 2.45) is 0 Å². The van der Waals surface area contributed by atoms with Gasteiger partial charge in [-0.25, -0.2) is 0 Å². The molecule has 3 heteroatoms. The van der Waals surface area contributed by atoms with Gasteiger partial charge in [0.15, 0.2) is 0 Å². The van der Waals surface area contributed by atoms with E-state index in [0.717, 1.165) is 27.9 Å². The highest BCUT2D eigenvalue weighted by atomic mass is 79.9. The molecule has 2 aromatic rings. The van der Waals surface area contributed by atoms with Gasteiger partial charge in [0, 0.05) is 10.2 Å². The lowest BCUT2D eigenvalue weighted by atomic mass is 10.0. The minimum Gasteiger partial charge on any atom is -0.496 e. The van der Waals surface area contributed by atoms with E-state index in [9.17, 15) is 0 Å². The van der Waals surface area contributed by atoms with Crippen LogP contribution in [0.15, 0.2) is 46.9 Å². The molecule has 2 nitrogen and oxygen atoms in total. The zero-order valence-electron chi connectivity index (χ0n) is 12.1. The molecule has 20 heavy (non-hydrogen) atoms. The summed E-state index contributed by atoms with van der Waals surface area (Å²) in [6.45, 7) is 4.25. The van der Waals surface area contributed by atoms with Crippen molar-refractivity contribution in [3.8, 4) is 5.75 Å². The standard InChI is InChI=1S/C17H20BrNO/c1-4-16(13-5-7-14(18)8-6-13)19-15-9-10-17(20-3)12(2)11-15/h5-11,16,19H,4H2,1-3H3. The lowest BCUT2D eigenvalue weighted by Crippen LogP contribution is -2.09. The highest BCUT2D eigenvalue weighted by Crippen LogP contribution is 2.27. The van der Waals surface area contributed by atoms with Crippen molar-refractivity contribution < 1.29 is 4.74 Å². The third kappa shape index (κ3) is 3.54. The maximum atomic E-state index is 5.30. The minimum atomic E-state index is 0.316. The van der Waals surface area contributed by atoms with Crippen LogP contribution in [-0.2, 0) is 0 Å². The number of aryl methyl sites for hydroxylation is 1. The van der Waals surface area contributed by atoms with Gasteiger partial charge in [0.25, 0.3) is 0 Å². The zero-order valence-corrected chi connectivity index (χ0v) is 13.7. The van der Waals surface area contributed by atoms with E-state index in [4.69, 9.17) is 4.74 Å². The van der Waals surface area contributed by atoms with Crippen LogP contribution >= 0.6 is 15.9 Å². The van der Waals surface area contributed by atoms with Crippen molar-refractivity contribution in [2.75, 3.05) is 12.4 Å². The monoisotopic (exact) mass is 333 g/mol. The van der Waals surface area contributed by atoms with Gasteiger partial charge in [0.1, 0.15) is 5.75 Å². The number of halogens is 1. The van der Waals surface area contributed by atoms with Crippen LogP contribution in [0, 0.1) is 6.92 Å². The van der Waals surface area contributed by atoms with Gasteiger partial charge in [0.2, 0.25) is 0 Å². The average Bonchev–Trinajstić information content (AvgIpc) is 2.46. The Bertz CT molecular complexity index is 566. The summed E-state index contributed by atoms with van der Waals surface area (Å²) in [7, 11) is 1.70. The van der Waals surface area contributed by atoms with Gasteiger partial charge in [-0.15, -0.1) is 0 Å². The van der Waals surface area contributed by atoms with Crippen LogP contribution in [0.2, 0.25) is 0 Å². The van der Waals surface area contributed by atoms with Crippen LogP contribution in [-0.4, -0.2) is 7.11 Å². The predicted molar refractivity (Wildman–Crippen MR) is 88.5 cm³/mol. The fourth-order valence-electron chi connectivity index (χ4n) is 2.29. The molecule has 0 radical (unpaired) electrons. The molecule has 2 aromatic carbocycles. The van der Waals surface area contributed by atoms with E-state index in [2.05, 4.69) is 71.5 Å². The molecule has 0 bridgehead atoms. The highest BCUT2D eigenvalue weighted by molar-refractivity contribution is 9.10. The molecule has 0 aliphatic rings. The SMILES string of the molecule is CCC(Nc1ccc(OC)c(C)c1)c1ccc(Br)cc1. The summed E-state index contributed by atoms with van der Waals surface area (Å²) >= 11 is 3.47. The maximum Gasteiger partial charge on any atom is 0.121 e. The Morgan fingerprint density at radius 1 is 1.15 bits per heavy atom. The van der Waals surface area contributed by atoms with Gasteiger partial charge in [-0.05, 0) is 54.8 Å². The van der Waals surface area contributed by atoms with Crippen molar-refractivity contribution in [3.63, 3.8) is 0 Å². The molecule has 0 fully saturated rings. The Hall–Kier alpha value is -1.48. The second kappa shape index (κ2) is 6.80. The Labute approximate surface area is 129 Å². The quantitative estimate of drug-likeness (QED) is 0.798. The van der Waals surface area contributed by atoms with Gasteiger partial charge in [-0.1, -0.05) is 35.0 Å². The van der Waals surface area contributed by atoms with E-state index in [1.165, 1.54) is 5.56 Å². The van der Waals surface area contributed by atoms with E-state index in [1.807, 2.05) is 6.07 Å². The second-order valence-electron chi connectivity index (χ2n) is 4.84. The van der Waals surface area contributed by atoms with Crippen molar-refractivity contribution in [2.45, 2.75) is 26.3 Å². The van der Waals surface area contributed by atoms with Crippen LogP contribution in [0.5, 0.6) is 5.75 Å². The van der Waals surface area contributed by atoms with E-state index in [-0.39, 0.29) is 0 Å². The maximum absolute atomic E-state index is 5.30. The van der Waals surface area contributed by atoms with E-state index in [1.54, 1.807) is 7.11 Å². The number of rotatable bonds is 5. The van der Waals surface area contributed by atoms with Crippen LogP contribution in [0.4, 0.5) is 5.69 Å². The van der Waals surface area contributed by atoms with E-state index in [0.29, 0.717) is 6.04 Å². The molecular formula is C17H20BrNO. The van der Waals surface area contributed by atoms with Crippen LogP contribution in [0.25, 0.3) is 0 Å². The third-order valence-corrected chi connectivity index (χ3v) is 3.95. The topological polar surface area (TPSA) is 21.3 Å². The Balaban J connectivity index is 2.17. The first-order valence-electron chi connectivity index (χ1n) is 6.80. The fraction of sp³-hybridized carbons (Fsp3) is 0.294. The minimum absolute atomic E-state index is 0.316. The molecule has 0 aliphatic heterocycles. The van der Waals surface area contributed by atoms with Gasteiger partial charge in [-0.2, -0.15) is 0 Å². The third-order valence-electron chi connectivity index (χ3n) is 3.42. The lowest BCUT2D eigenvalue weighted by molar-refractivity contribution is 0.412. The number of benzene rings is 2. The second-order valence-corrected chi connectivity index (χ2v) is 5.76. The first-order valence-corrected chi connectivity index (χ1v) is 7.60. The highest BCUT2D eigenvalue weighted by Gasteiger charge is 2.09. The summed E-state index contributed by atoms with van der Waals surface area (Å²) in [5.41, 5.74) is 3.56. The summed E-state index contributed by atoms with van der Waals surface area (Å²) in [6, 6.07) is 15.0. The van der Waals surface area contributed by atoms with Gasteiger partial charge in [0.05, 0.1) is 13.2 Å². The first-order chi connectivity index (χ1) is 9.63. The first kappa shape index (κ1) is 14.9. The molecule has 1 atom stereocenters. The van der Waals surface area contributed by atoms with Gasteiger partial charge < -0.3 is 10.1 Å². The summed E-state index contributed by atoms with van der Waals surface area (Å²) < 4.78 is 6.40. The number of anilines is 1. The van der Waals surface area contributed by atoms with Crippen LogP contribution in [0.1, 0.15) is 30.5 Å². The lowest BCUT2D eigenvalue weighted by Gasteiger charge is -2.19. The van der Waals surface area contributed by atoms with Gasteiger partial charge >= 0.3 is 0 Å². The number of methoxy groups -OCH3 is 1. The molecule has 0 amide bonds. The van der Waals surface area contributed by atoms with Crippen LogP contribution < -0.4 is 10.1 Å². The Morgan fingerprint density at radius 3 is 2.40 bits per heavy atom. The smallest absolute Gasteiger partial charge is 0.121 e. The number of hydrogen-bond donors (Lipinski definition) is 1. The molecule has 0 saturated heterocycles. The zero-order chi connectivity index (χ0) is 14.5. The fourth-order valence-corrected chi connectivity index (χ4v) is 2.55. The molecule has 106 valence electrons. The molecule has 0 spiro atoms. The normalized spacial score (nSPS) is 12.0. The summed E-state index contributed by atoms with van der Waals surface area (Å²) in [5, 5.41) is 3.59. The largest absolute Gasteiger partial charge is 0.496 e. The van der Waals surface area contributed by atoms with Gasteiger partial charge in [-0.3, -0.25) is 0 Å². The van der Waals surface area contributed by atoms with Crippen molar-refractivity contribution in [3.05, 3.63) is 58.1 Å². The predicted octanol–water partition coefficient (Wildman–Crippen LogP) is 5.33. The summed E-state index contributed by atoms with van der Waals surface area (Å²) in [4.78, 5) is 0. The van der Waals surface area contributed by atoms with E-state index < -0.39 is 0 Å². The number of hydrogen-bond acceptors (Lipinski definition) is 2. The average molecular weight is 334 g/mol. The summed E-state index contributed by atoms with van der Waals surface area (Å²) in [5.74, 6) is 0.923. The molecular weight excluding hydrogens is 314 g/mol. The molecule has 1 N–H and O–H groups in total. The number of nitrogens with one attached hydrogen (secondary N) is 1. The Kier molecular flexibility index (Phi) is 5.07. The van der Waals surface area contributed by atoms with Crippen molar-refractivity contribution >= 4 is 21.6 Å². The molecule has 0 aromatic heterocycles. The number of ether oxygens (including phenoxy) is 1. The molecule has 0 aliphatic carbocycles.